The predicted molar refractivity (Wildman–Crippen MR) is 73.6 cm³/mol. The number of nitrogens with one attached hydrogen (secondary N) is 1. The van der Waals surface area contributed by atoms with E-state index in [1.807, 2.05) is 13.8 Å². The van der Waals surface area contributed by atoms with Crippen LogP contribution in [-0.4, -0.2) is 29.3 Å². The fourth-order valence-corrected chi connectivity index (χ4v) is 1.66. The normalized spacial score (nSPS) is 12.3. The van der Waals surface area contributed by atoms with Crippen LogP contribution in [0.3, 0.4) is 0 Å². The third kappa shape index (κ3) is 4.10. The van der Waals surface area contributed by atoms with Gasteiger partial charge in [-0.3, -0.25) is 10.1 Å². The molecule has 0 spiro atoms. The first kappa shape index (κ1) is 15.2. The number of nitro groups is 1. The van der Waals surface area contributed by atoms with Gasteiger partial charge in [-0.2, -0.15) is 0 Å². The van der Waals surface area contributed by atoms with Gasteiger partial charge in [0.25, 0.3) is 0 Å². The van der Waals surface area contributed by atoms with E-state index in [0.717, 1.165) is 0 Å². The highest BCUT2D eigenvalue weighted by Gasteiger charge is 2.17. The Morgan fingerprint density at radius 2 is 2.16 bits per heavy atom. The monoisotopic (exact) mass is 268 g/mol. The van der Waals surface area contributed by atoms with Crippen molar-refractivity contribution in [1.29, 1.82) is 0 Å². The third-order valence-corrected chi connectivity index (χ3v) is 2.81. The predicted octanol–water partition coefficient (Wildman–Crippen LogP) is 2.42. The number of aliphatic hydroxyl groups is 1. The minimum atomic E-state index is -0.471. The molecule has 1 aromatic rings. The fourth-order valence-electron chi connectivity index (χ4n) is 1.66. The van der Waals surface area contributed by atoms with E-state index in [1.54, 1.807) is 19.1 Å². The second-order valence-corrected chi connectivity index (χ2v) is 4.55. The van der Waals surface area contributed by atoms with Crippen LogP contribution in [0.2, 0.25) is 0 Å². The van der Waals surface area contributed by atoms with Gasteiger partial charge in [-0.05, 0) is 18.9 Å². The van der Waals surface area contributed by atoms with Crippen molar-refractivity contribution in [3.05, 3.63) is 28.3 Å². The molecule has 1 aromatic carbocycles. The lowest BCUT2D eigenvalue weighted by Gasteiger charge is -2.21. The summed E-state index contributed by atoms with van der Waals surface area (Å²) in [6, 6.07) is 4.51. The molecule has 0 aromatic heterocycles. The van der Waals surface area contributed by atoms with Gasteiger partial charge in [0.05, 0.1) is 24.2 Å². The molecule has 0 heterocycles. The Bertz CT molecular complexity index is 435. The third-order valence-electron chi connectivity index (χ3n) is 2.81. The van der Waals surface area contributed by atoms with Crippen LogP contribution in [-0.2, 0) is 0 Å². The molecule has 0 unspecified atom stereocenters. The maximum atomic E-state index is 10.9. The molecule has 0 fully saturated rings. The average Bonchev–Trinajstić information content (AvgIpc) is 2.35. The Balaban J connectivity index is 2.97. The van der Waals surface area contributed by atoms with E-state index in [2.05, 4.69) is 5.32 Å². The molecule has 6 nitrogen and oxygen atoms in total. The molecule has 0 aliphatic carbocycles. The number of aliphatic hydroxyl groups excluding tert-OH is 1. The van der Waals surface area contributed by atoms with Crippen molar-refractivity contribution < 1.29 is 14.8 Å². The van der Waals surface area contributed by atoms with Crippen LogP contribution in [0.25, 0.3) is 0 Å². The van der Waals surface area contributed by atoms with Crippen molar-refractivity contribution in [1.82, 2.24) is 0 Å². The highest BCUT2D eigenvalue weighted by Crippen LogP contribution is 2.30. The van der Waals surface area contributed by atoms with E-state index < -0.39 is 4.92 Å². The molecular weight excluding hydrogens is 248 g/mol. The van der Waals surface area contributed by atoms with Crippen LogP contribution in [0.5, 0.6) is 5.75 Å². The Hall–Kier alpha value is -1.82. The maximum Gasteiger partial charge on any atom is 0.311 e. The second kappa shape index (κ2) is 6.94. The lowest BCUT2D eigenvalue weighted by molar-refractivity contribution is -0.385. The smallest absolute Gasteiger partial charge is 0.311 e. The van der Waals surface area contributed by atoms with Gasteiger partial charge >= 0.3 is 5.69 Å². The number of nitro benzene ring substituents is 1. The standard InChI is InChI=1S/C13H20N2O4/c1-4-19-13-7-10(5-6-12(13)15(17)18)14-11(8-16)9(2)3/h5-7,9,11,14,16H,4,8H2,1-3H3/t11-/m1/s1. The van der Waals surface area contributed by atoms with Gasteiger partial charge in [-0.15, -0.1) is 0 Å². The Kier molecular flexibility index (Phi) is 5.57. The summed E-state index contributed by atoms with van der Waals surface area (Å²) in [5.74, 6) is 0.480. The maximum absolute atomic E-state index is 10.9. The van der Waals surface area contributed by atoms with Crippen LogP contribution in [0.15, 0.2) is 18.2 Å². The SMILES string of the molecule is CCOc1cc(N[C@H](CO)C(C)C)ccc1[N+](=O)[O-]. The highest BCUT2D eigenvalue weighted by molar-refractivity contribution is 5.58. The van der Waals surface area contributed by atoms with Crippen LogP contribution >= 0.6 is 0 Å². The molecule has 1 rings (SSSR count). The lowest BCUT2D eigenvalue weighted by Crippen LogP contribution is -2.29. The van der Waals surface area contributed by atoms with E-state index in [4.69, 9.17) is 4.74 Å². The molecule has 2 N–H and O–H groups in total. The van der Waals surface area contributed by atoms with Crippen molar-refractivity contribution >= 4 is 11.4 Å². The first-order chi connectivity index (χ1) is 8.99. The van der Waals surface area contributed by atoms with Crippen molar-refractivity contribution in [2.75, 3.05) is 18.5 Å². The van der Waals surface area contributed by atoms with Crippen LogP contribution in [0, 0.1) is 16.0 Å². The number of ether oxygens (including phenoxy) is 1. The van der Waals surface area contributed by atoms with Gasteiger partial charge < -0.3 is 15.2 Å². The lowest BCUT2D eigenvalue weighted by atomic mass is 10.1. The first-order valence-corrected chi connectivity index (χ1v) is 6.28. The Morgan fingerprint density at radius 3 is 2.63 bits per heavy atom. The molecule has 0 saturated carbocycles. The average molecular weight is 268 g/mol. The molecule has 106 valence electrons. The van der Waals surface area contributed by atoms with Crippen molar-refractivity contribution in [3.8, 4) is 5.75 Å². The van der Waals surface area contributed by atoms with Gasteiger partial charge in [0.1, 0.15) is 0 Å². The minimum absolute atomic E-state index is 0.00137. The van der Waals surface area contributed by atoms with E-state index in [0.29, 0.717) is 12.3 Å². The van der Waals surface area contributed by atoms with Gasteiger partial charge in [0.15, 0.2) is 5.75 Å². The van der Waals surface area contributed by atoms with Gasteiger partial charge in [-0.25, -0.2) is 0 Å². The summed E-state index contributed by atoms with van der Waals surface area (Å²) in [7, 11) is 0. The van der Waals surface area contributed by atoms with Crippen LogP contribution in [0.4, 0.5) is 11.4 Å². The number of rotatable bonds is 7. The molecule has 0 aliphatic rings. The largest absolute Gasteiger partial charge is 0.487 e. The van der Waals surface area contributed by atoms with Crippen LogP contribution < -0.4 is 10.1 Å². The van der Waals surface area contributed by atoms with E-state index in [9.17, 15) is 15.2 Å². The summed E-state index contributed by atoms with van der Waals surface area (Å²) >= 11 is 0. The number of benzene rings is 1. The van der Waals surface area contributed by atoms with Crippen molar-refractivity contribution in [2.45, 2.75) is 26.8 Å². The summed E-state index contributed by atoms with van der Waals surface area (Å²) < 4.78 is 5.27. The summed E-state index contributed by atoms with van der Waals surface area (Å²) in [6.07, 6.45) is 0. The van der Waals surface area contributed by atoms with E-state index in [-0.39, 0.29) is 30.0 Å². The van der Waals surface area contributed by atoms with Crippen molar-refractivity contribution in [2.24, 2.45) is 5.92 Å². The first-order valence-electron chi connectivity index (χ1n) is 6.28. The molecule has 0 radical (unpaired) electrons. The molecule has 1 atom stereocenters. The molecule has 0 aliphatic heterocycles. The number of anilines is 1. The zero-order valence-corrected chi connectivity index (χ0v) is 11.4. The zero-order chi connectivity index (χ0) is 14.4. The van der Waals surface area contributed by atoms with E-state index >= 15 is 0 Å². The highest BCUT2D eigenvalue weighted by atomic mass is 16.6. The molecule has 0 saturated heterocycles. The summed E-state index contributed by atoms with van der Waals surface area (Å²) in [5, 5.41) is 23.3. The molecule has 6 heteroatoms. The van der Waals surface area contributed by atoms with Gasteiger partial charge in [0.2, 0.25) is 0 Å². The Morgan fingerprint density at radius 1 is 1.47 bits per heavy atom. The number of hydrogen-bond acceptors (Lipinski definition) is 5. The fraction of sp³-hybridized carbons (Fsp3) is 0.538. The Labute approximate surface area is 112 Å². The second-order valence-electron chi connectivity index (χ2n) is 4.55. The molecule has 0 bridgehead atoms. The van der Waals surface area contributed by atoms with Gasteiger partial charge in [0, 0.05) is 17.8 Å². The summed E-state index contributed by atoms with van der Waals surface area (Å²) in [4.78, 5) is 10.4. The summed E-state index contributed by atoms with van der Waals surface area (Å²) in [6.45, 7) is 6.11. The number of nitrogens with zero attached hydrogens (tertiary/aromatic N) is 1. The van der Waals surface area contributed by atoms with Crippen molar-refractivity contribution in [3.63, 3.8) is 0 Å². The number of hydrogen-bond donors (Lipinski definition) is 2. The minimum Gasteiger partial charge on any atom is -0.487 e. The van der Waals surface area contributed by atoms with Crippen LogP contribution in [0.1, 0.15) is 20.8 Å². The molecular formula is C13H20N2O4. The van der Waals surface area contributed by atoms with E-state index in [1.165, 1.54) is 6.07 Å². The topological polar surface area (TPSA) is 84.6 Å². The zero-order valence-electron chi connectivity index (χ0n) is 11.4. The van der Waals surface area contributed by atoms with Gasteiger partial charge in [-0.1, -0.05) is 13.8 Å². The quantitative estimate of drug-likeness (QED) is 0.586. The molecule has 0 amide bonds. The summed E-state index contributed by atoms with van der Waals surface area (Å²) in [5.41, 5.74) is 0.638. The molecule has 19 heavy (non-hydrogen) atoms.